The highest BCUT2D eigenvalue weighted by atomic mass is 16.5. The minimum Gasteiger partial charge on any atom is -0.457 e. The maximum Gasteiger partial charge on any atom is 0.262 e. The van der Waals surface area contributed by atoms with E-state index in [1.807, 2.05) is 6.07 Å². The molecule has 9 aromatic carbocycles. The van der Waals surface area contributed by atoms with E-state index in [1.54, 1.807) is 0 Å². The summed E-state index contributed by atoms with van der Waals surface area (Å²) in [5.74, 6) is 1.69. The summed E-state index contributed by atoms with van der Waals surface area (Å²) in [6.45, 7) is 6.79. The van der Waals surface area contributed by atoms with Gasteiger partial charge in [0.25, 0.3) is 6.71 Å². The van der Waals surface area contributed by atoms with Crippen LogP contribution in [-0.4, -0.2) is 6.71 Å². The number of fused-ring (bicyclic) bond motifs is 10. The summed E-state index contributed by atoms with van der Waals surface area (Å²) in [6, 6.07) is 56.9. The van der Waals surface area contributed by atoms with Crippen molar-refractivity contribution in [3.63, 3.8) is 0 Å². The summed E-state index contributed by atoms with van der Waals surface area (Å²) in [6.07, 6.45) is 0. The highest BCUT2D eigenvalue weighted by molar-refractivity contribution is 7.02. The van der Waals surface area contributed by atoms with E-state index in [2.05, 4.69) is 182 Å². The number of rotatable bonds is 2. The van der Waals surface area contributed by atoms with Gasteiger partial charge >= 0.3 is 0 Å². The average Bonchev–Trinajstić information content (AvgIpc) is 3.84. The number of furan rings is 2. The summed E-state index contributed by atoms with van der Waals surface area (Å²) in [5, 5.41) is 8.84. The number of ether oxygens (including phenoxy) is 1. The zero-order valence-electron chi connectivity index (χ0n) is 33.2. The second-order valence-electron chi connectivity index (χ2n) is 17.6. The van der Waals surface area contributed by atoms with E-state index in [0.29, 0.717) is 0 Å². The third kappa shape index (κ3) is 4.08. The van der Waals surface area contributed by atoms with E-state index >= 15 is 0 Å². The van der Waals surface area contributed by atoms with Crippen LogP contribution in [-0.2, 0) is 5.41 Å². The van der Waals surface area contributed by atoms with Gasteiger partial charge < -0.3 is 23.4 Å². The largest absolute Gasteiger partial charge is 0.457 e. The average molecular weight is 771 g/mol. The lowest BCUT2D eigenvalue weighted by molar-refractivity contribution is 0.493. The van der Waals surface area contributed by atoms with Crippen LogP contribution in [0.1, 0.15) is 26.3 Å². The third-order valence-electron chi connectivity index (χ3n) is 13.3. The van der Waals surface area contributed by atoms with Crippen molar-refractivity contribution in [2.75, 3.05) is 9.80 Å². The van der Waals surface area contributed by atoms with Crippen molar-refractivity contribution in [2.24, 2.45) is 0 Å². The molecule has 5 heterocycles. The Labute approximate surface area is 345 Å². The van der Waals surface area contributed by atoms with Crippen molar-refractivity contribution in [3.8, 4) is 11.5 Å². The second kappa shape index (κ2) is 11.2. The lowest BCUT2D eigenvalue weighted by Crippen LogP contribution is -2.63. The fraction of sp³-hybridized carbons (Fsp3) is 0.0741. The summed E-state index contributed by atoms with van der Waals surface area (Å²) < 4.78 is 21.4. The van der Waals surface area contributed by atoms with Gasteiger partial charge in [-0.05, 0) is 75.1 Å². The van der Waals surface area contributed by atoms with E-state index < -0.39 is 0 Å². The molecule has 5 nitrogen and oxygen atoms in total. The molecule has 0 bridgehead atoms. The lowest BCUT2D eigenvalue weighted by Gasteiger charge is -2.47. The zero-order valence-corrected chi connectivity index (χ0v) is 33.2. The third-order valence-corrected chi connectivity index (χ3v) is 13.3. The molecule has 11 aromatic rings. The number of benzene rings is 9. The van der Waals surface area contributed by atoms with E-state index in [1.165, 1.54) is 32.6 Å². The Morgan fingerprint density at radius 3 is 1.72 bits per heavy atom. The number of para-hydroxylation sites is 2. The molecule has 2 aromatic heterocycles. The van der Waals surface area contributed by atoms with Crippen LogP contribution in [0.4, 0.5) is 34.1 Å². The number of anilines is 6. The summed E-state index contributed by atoms with van der Waals surface area (Å²) in [7, 11) is 0. The van der Waals surface area contributed by atoms with E-state index in [9.17, 15) is 0 Å². The van der Waals surface area contributed by atoms with Crippen molar-refractivity contribution < 1.29 is 13.6 Å². The first-order valence-corrected chi connectivity index (χ1v) is 20.8. The van der Waals surface area contributed by atoms with E-state index in [0.717, 1.165) is 100 Å². The topological polar surface area (TPSA) is 42.0 Å². The first kappa shape index (κ1) is 32.5. The Bertz CT molecular complexity index is 3710. The van der Waals surface area contributed by atoms with Crippen molar-refractivity contribution in [3.05, 3.63) is 163 Å². The Balaban J connectivity index is 1.23. The number of hydrogen-bond acceptors (Lipinski definition) is 5. The molecule has 0 N–H and O–H groups in total. The van der Waals surface area contributed by atoms with Crippen LogP contribution in [0.3, 0.4) is 0 Å². The molecule has 3 aliphatic rings. The molecule has 6 heteroatoms. The van der Waals surface area contributed by atoms with Gasteiger partial charge in [0.1, 0.15) is 28.2 Å². The van der Waals surface area contributed by atoms with Gasteiger partial charge in [0.2, 0.25) is 0 Å². The Hall–Kier alpha value is -7.44. The van der Waals surface area contributed by atoms with Gasteiger partial charge in [0.05, 0.1) is 22.4 Å². The lowest BCUT2D eigenvalue weighted by atomic mass is 9.32. The molecule has 0 amide bonds. The summed E-state index contributed by atoms with van der Waals surface area (Å²) >= 11 is 0. The molecule has 0 atom stereocenters. The van der Waals surface area contributed by atoms with Crippen LogP contribution in [0.15, 0.2) is 167 Å². The quantitative estimate of drug-likeness (QED) is 0.164. The standard InChI is InChI=1S/C54H35BN2O3/c1-54(2,3)32-26-40-48-41(27-32)57(39-23-13-17-31-15-5-7-19-34(31)39)51-50-46(28-37-35-20-8-10-24-43(35)59-52(37)51)60-53-47-36-21-9-11-25-44(36)58-45(47)29-42(49(53)55(48)50)56(40)38-22-12-16-30-14-4-6-18-33(30)38/h4-29H,1-3H3. The molecule has 282 valence electrons. The van der Waals surface area contributed by atoms with Gasteiger partial charge in [-0.2, -0.15) is 0 Å². The molecule has 0 saturated heterocycles. The molecule has 0 radical (unpaired) electrons. The Kier molecular flexibility index (Phi) is 6.06. The van der Waals surface area contributed by atoms with Gasteiger partial charge in [-0.3, -0.25) is 0 Å². The summed E-state index contributed by atoms with van der Waals surface area (Å²) in [5.41, 5.74) is 14.5. The number of nitrogens with zero attached hydrogens (tertiary/aromatic N) is 2. The highest BCUT2D eigenvalue weighted by Crippen LogP contribution is 2.55. The Morgan fingerprint density at radius 1 is 0.450 bits per heavy atom. The van der Waals surface area contributed by atoms with Crippen molar-refractivity contribution >= 4 is 123 Å². The fourth-order valence-corrected chi connectivity index (χ4v) is 10.7. The summed E-state index contributed by atoms with van der Waals surface area (Å²) in [4.78, 5) is 5.00. The van der Waals surface area contributed by atoms with Gasteiger partial charge in [-0.1, -0.05) is 130 Å². The maximum absolute atomic E-state index is 7.52. The normalized spacial score (nSPS) is 13.9. The molecule has 0 aliphatic carbocycles. The molecule has 60 heavy (non-hydrogen) atoms. The molecule has 0 unspecified atom stereocenters. The second-order valence-corrected chi connectivity index (χ2v) is 17.6. The van der Waals surface area contributed by atoms with Crippen molar-refractivity contribution in [1.29, 1.82) is 0 Å². The van der Waals surface area contributed by atoms with Crippen LogP contribution >= 0.6 is 0 Å². The maximum atomic E-state index is 7.52. The molecular weight excluding hydrogens is 735 g/mol. The minimum absolute atomic E-state index is 0.166. The van der Waals surface area contributed by atoms with Crippen molar-refractivity contribution in [1.82, 2.24) is 0 Å². The van der Waals surface area contributed by atoms with Gasteiger partial charge in [0.15, 0.2) is 5.58 Å². The SMILES string of the molecule is CC(C)(C)c1cc2c3c(c1)N(c1cccc4ccccc14)c1c4c(cc5c1oc1ccccc15)Oc1c(c(cc5oc6ccccc6c15)N2c1cccc2ccccc12)B34. The molecule has 0 spiro atoms. The number of hydrogen-bond donors (Lipinski definition) is 0. The van der Waals surface area contributed by atoms with Crippen LogP contribution in [0.5, 0.6) is 11.5 Å². The monoisotopic (exact) mass is 770 g/mol. The van der Waals surface area contributed by atoms with E-state index in [-0.39, 0.29) is 12.1 Å². The molecular formula is C54H35BN2O3. The predicted octanol–water partition coefficient (Wildman–Crippen LogP) is 13.3. The minimum atomic E-state index is -0.180. The van der Waals surface area contributed by atoms with Gasteiger partial charge in [-0.25, -0.2) is 0 Å². The van der Waals surface area contributed by atoms with Gasteiger partial charge in [-0.15, -0.1) is 0 Å². The van der Waals surface area contributed by atoms with Crippen molar-refractivity contribution in [2.45, 2.75) is 26.2 Å². The first-order valence-electron chi connectivity index (χ1n) is 20.8. The van der Waals surface area contributed by atoms with Crippen LogP contribution < -0.4 is 30.9 Å². The van der Waals surface area contributed by atoms with Crippen LogP contribution in [0.25, 0.3) is 65.4 Å². The predicted molar refractivity (Wildman–Crippen MR) is 249 cm³/mol. The first-order chi connectivity index (χ1) is 29.4. The molecule has 14 rings (SSSR count). The van der Waals surface area contributed by atoms with Gasteiger partial charge in [0, 0.05) is 55.5 Å². The molecule has 0 fully saturated rings. The fourth-order valence-electron chi connectivity index (χ4n) is 10.7. The zero-order chi connectivity index (χ0) is 39.6. The highest BCUT2D eigenvalue weighted by Gasteiger charge is 2.51. The smallest absolute Gasteiger partial charge is 0.262 e. The van der Waals surface area contributed by atoms with Crippen LogP contribution in [0, 0.1) is 0 Å². The molecule has 0 saturated carbocycles. The van der Waals surface area contributed by atoms with Crippen LogP contribution in [0.2, 0.25) is 0 Å². The Morgan fingerprint density at radius 2 is 1.02 bits per heavy atom. The molecule has 3 aliphatic heterocycles. The van der Waals surface area contributed by atoms with E-state index in [4.69, 9.17) is 13.6 Å².